The molecule has 0 amide bonds. The Bertz CT molecular complexity index is 910. The third-order valence-corrected chi connectivity index (χ3v) is 4.56. The second kappa shape index (κ2) is 7.84. The van der Waals surface area contributed by atoms with Gasteiger partial charge < -0.3 is 9.84 Å². The van der Waals surface area contributed by atoms with E-state index in [-0.39, 0.29) is 16.2 Å². The molecule has 0 saturated carbocycles. The van der Waals surface area contributed by atoms with E-state index in [2.05, 4.69) is 23.9 Å². The molecule has 26 heavy (non-hydrogen) atoms. The number of nitrogens with zero attached hydrogens (tertiary/aromatic N) is 3. The fraction of sp³-hybridized carbons (Fsp3) is 0.389. The zero-order valence-corrected chi connectivity index (χ0v) is 15.6. The molecule has 2 aromatic rings. The first-order valence-corrected chi connectivity index (χ1v) is 8.93. The Balaban J connectivity index is 1.99. The number of H-pyrrole nitrogens is 1. The molecular formula is C18H22N4O3S. The quantitative estimate of drug-likeness (QED) is 0.634. The van der Waals surface area contributed by atoms with E-state index < -0.39 is 5.56 Å². The van der Waals surface area contributed by atoms with Crippen molar-refractivity contribution in [1.82, 2.24) is 14.6 Å². The van der Waals surface area contributed by atoms with Crippen molar-refractivity contribution in [2.24, 2.45) is 5.10 Å². The average Bonchev–Trinajstić information content (AvgIpc) is 2.62. The van der Waals surface area contributed by atoms with Gasteiger partial charge in [-0.1, -0.05) is 26.0 Å². The highest BCUT2D eigenvalue weighted by Gasteiger charge is 2.14. The molecule has 3 rings (SSSR count). The normalized spacial score (nSPS) is 15.1. The first-order valence-electron chi connectivity index (χ1n) is 8.52. The highest BCUT2D eigenvalue weighted by molar-refractivity contribution is 7.71. The van der Waals surface area contributed by atoms with Crippen LogP contribution in [0.1, 0.15) is 30.9 Å². The summed E-state index contributed by atoms with van der Waals surface area (Å²) in [6.07, 6.45) is 1.37. The average molecular weight is 374 g/mol. The lowest BCUT2D eigenvalue weighted by Crippen LogP contribution is -2.32. The van der Waals surface area contributed by atoms with Crippen LogP contribution in [0.2, 0.25) is 0 Å². The van der Waals surface area contributed by atoms with Crippen molar-refractivity contribution in [2.75, 3.05) is 26.3 Å². The van der Waals surface area contributed by atoms with E-state index in [1.165, 1.54) is 16.3 Å². The lowest BCUT2D eigenvalue weighted by molar-refractivity contribution is 0.0396. The van der Waals surface area contributed by atoms with Crippen LogP contribution in [0.15, 0.2) is 34.2 Å². The van der Waals surface area contributed by atoms with Crippen LogP contribution in [0.4, 0.5) is 0 Å². The van der Waals surface area contributed by atoms with Crippen LogP contribution in [-0.4, -0.2) is 52.2 Å². The summed E-state index contributed by atoms with van der Waals surface area (Å²) in [6, 6.07) is 7.69. The Morgan fingerprint density at radius 2 is 1.92 bits per heavy atom. The molecule has 1 aliphatic rings. The third-order valence-electron chi connectivity index (χ3n) is 4.28. The largest absolute Gasteiger partial charge is 0.494 e. The molecule has 8 heteroatoms. The third kappa shape index (κ3) is 3.86. The van der Waals surface area contributed by atoms with Gasteiger partial charge in [0.25, 0.3) is 5.56 Å². The number of hydrogen-bond donors (Lipinski definition) is 2. The van der Waals surface area contributed by atoms with E-state index in [4.69, 9.17) is 17.0 Å². The minimum absolute atomic E-state index is 0.0676. The number of aromatic nitrogens is 2. The molecule has 2 heterocycles. The summed E-state index contributed by atoms with van der Waals surface area (Å²) >= 11 is 5.24. The standard InChI is InChI=1S/C18H22N4O3S/c1-12(2)13-3-5-14(6-4-13)22-17(24)15(16(23)20-18(22)26)11-19-21-7-9-25-10-8-21/h3-6,11-12,24H,7-10H2,1-2H3,(H,20,23,26). The SMILES string of the molecule is CC(C)c1ccc(-n2c(O)c(C=NN3CCOCC3)c(=O)[nH]c2=S)cc1. The van der Waals surface area contributed by atoms with Gasteiger partial charge in [-0.25, -0.2) is 0 Å². The van der Waals surface area contributed by atoms with Crippen LogP contribution in [0.25, 0.3) is 5.69 Å². The molecule has 1 fully saturated rings. The second-order valence-corrected chi connectivity index (χ2v) is 6.78. The van der Waals surface area contributed by atoms with Gasteiger partial charge >= 0.3 is 0 Å². The van der Waals surface area contributed by atoms with Gasteiger partial charge in [-0.15, -0.1) is 0 Å². The van der Waals surface area contributed by atoms with Gasteiger partial charge in [0.05, 0.1) is 38.2 Å². The zero-order chi connectivity index (χ0) is 18.7. The van der Waals surface area contributed by atoms with Crippen molar-refractivity contribution in [3.63, 3.8) is 0 Å². The summed E-state index contributed by atoms with van der Waals surface area (Å²) in [5.74, 6) is 0.172. The van der Waals surface area contributed by atoms with Crippen molar-refractivity contribution >= 4 is 18.4 Å². The number of nitrogens with one attached hydrogen (secondary N) is 1. The van der Waals surface area contributed by atoms with E-state index in [1.807, 2.05) is 24.3 Å². The molecule has 1 saturated heterocycles. The molecule has 0 bridgehead atoms. The van der Waals surface area contributed by atoms with Crippen molar-refractivity contribution < 1.29 is 9.84 Å². The Kier molecular flexibility index (Phi) is 5.53. The van der Waals surface area contributed by atoms with Crippen LogP contribution in [0.5, 0.6) is 5.88 Å². The number of hydrogen-bond acceptors (Lipinski definition) is 6. The summed E-state index contributed by atoms with van der Waals surface area (Å²) in [6.45, 7) is 6.69. The van der Waals surface area contributed by atoms with E-state index >= 15 is 0 Å². The Labute approximate surface area is 156 Å². The monoisotopic (exact) mass is 374 g/mol. The van der Waals surface area contributed by atoms with Crippen molar-refractivity contribution in [3.8, 4) is 11.6 Å². The van der Waals surface area contributed by atoms with Crippen LogP contribution in [0, 0.1) is 4.77 Å². The van der Waals surface area contributed by atoms with Crippen LogP contribution in [-0.2, 0) is 4.74 Å². The van der Waals surface area contributed by atoms with Gasteiger partial charge in [-0.2, -0.15) is 5.10 Å². The minimum atomic E-state index is -0.473. The topological polar surface area (TPSA) is 82.8 Å². The lowest BCUT2D eigenvalue weighted by Gasteiger charge is -2.23. The molecule has 138 valence electrons. The van der Waals surface area contributed by atoms with E-state index in [1.54, 1.807) is 5.01 Å². The molecule has 0 atom stereocenters. The highest BCUT2D eigenvalue weighted by atomic mass is 32.1. The first kappa shape index (κ1) is 18.3. The van der Waals surface area contributed by atoms with Gasteiger partial charge in [0.1, 0.15) is 5.56 Å². The van der Waals surface area contributed by atoms with Gasteiger partial charge in [0.15, 0.2) is 4.77 Å². The summed E-state index contributed by atoms with van der Waals surface area (Å²) in [4.78, 5) is 14.8. The fourth-order valence-corrected chi connectivity index (χ4v) is 3.00. The lowest BCUT2D eigenvalue weighted by atomic mass is 10.0. The second-order valence-electron chi connectivity index (χ2n) is 6.39. The predicted molar refractivity (Wildman–Crippen MR) is 103 cm³/mol. The van der Waals surface area contributed by atoms with Crippen molar-refractivity contribution in [1.29, 1.82) is 0 Å². The molecule has 1 aliphatic heterocycles. The Hall–Kier alpha value is -2.45. The maximum atomic E-state index is 12.2. The summed E-state index contributed by atoms with van der Waals surface area (Å²) in [5.41, 5.74) is 1.45. The fourth-order valence-electron chi connectivity index (χ4n) is 2.71. The minimum Gasteiger partial charge on any atom is -0.494 e. The van der Waals surface area contributed by atoms with Gasteiger partial charge in [0, 0.05) is 0 Å². The van der Waals surface area contributed by atoms with Crippen LogP contribution < -0.4 is 5.56 Å². The molecule has 0 aliphatic carbocycles. The predicted octanol–water partition coefficient (Wildman–Crippen LogP) is 2.39. The molecule has 7 nitrogen and oxygen atoms in total. The number of hydrazone groups is 1. The van der Waals surface area contributed by atoms with Crippen LogP contribution >= 0.6 is 12.2 Å². The zero-order valence-electron chi connectivity index (χ0n) is 14.8. The first-order chi connectivity index (χ1) is 12.5. The molecule has 1 aromatic carbocycles. The van der Waals surface area contributed by atoms with E-state index in [9.17, 15) is 9.90 Å². The van der Waals surface area contributed by atoms with Crippen molar-refractivity contribution in [2.45, 2.75) is 19.8 Å². The summed E-state index contributed by atoms with van der Waals surface area (Å²) in [7, 11) is 0. The number of benzene rings is 1. The molecule has 2 N–H and O–H groups in total. The van der Waals surface area contributed by atoms with Gasteiger partial charge in [0.2, 0.25) is 5.88 Å². The Morgan fingerprint density at radius 1 is 1.27 bits per heavy atom. The highest BCUT2D eigenvalue weighted by Crippen LogP contribution is 2.21. The maximum absolute atomic E-state index is 12.2. The maximum Gasteiger partial charge on any atom is 0.264 e. The number of rotatable bonds is 4. The molecule has 0 radical (unpaired) electrons. The molecular weight excluding hydrogens is 352 g/mol. The number of ether oxygens (including phenoxy) is 1. The van der Waals surface area contributed by atoms with Gasteiger partial charge in [-0.05, 0) is 35.8 Å². The number of aromatic hydroxyl groups is 1. The molecule has 0 spiro atoms. The van der Waals surface area contributed by atoms with Gasteiger partial charge in [-0.3, -0.25) is 19.4 Å². The number of aromatic amines is 1. The molecule has 1 aromatic heterocycles. The summed E-state index contributed by atoms with van der Waals surface area (Å²) in [5, 5.41) is 16.7. The Morgan fingerprint density at radius 3 is 2.54 bits per heavy atom. The van der Waals surface area contributed by atoms with E-state index in [0.29, 0.717) is 37.9 Å². The van der Waals surface area contributed by atoms with Crippen LogP contribution in [0.3, 0.4) is 0 Å². The number of morpholine rings is 1. The van der Waals surface area contributed by atoms with Crippen molar-refractivity contribution in [3.05, 3.63) is 50.5 Å². The smallest absolute Gasteiger partial charge is 0.264 e. The summed E-state index contributed by atoms with van der Waals surface area (Å²) < 4.78 is 6.83. The molecule has 0 unspecified atom stereocenters. The van der Waals surface area contributed by atoms with E-state index in [0.717, 1.165) is 0 Å².